The van der Waals surface area contributed by atoms with Crippen molar-refractivity contribution < 1.29 is 4.74 Å². The summed E-state index contributed by atoms with van der Waals surface area (Å²) < 4.78 is 6.22. The fourth-order valence-corrected chi connectivity index (χ4v) is 4.92. The molecule has 0 radical (unpaired) electrons. The molecular weight excluding hydrogens is 434 g/mol. The molecule has 2 N–H and O–H groups in total. The number of nitrogens with two attached hydrogens (primary N) is 1. The molecule has 0 saturated carbocycles. The summed E-state index contributed by atoms with van der Waals surface area (Å²) in [5.41, 5.74) is 13.7. The van der Waals surface area contributed by atoms with Crippen molar-refractivity contribution in [1.82, 2.24) is 19.9 Å². The average molecular weight is 460 g/mol. The Balaban J connectivity index is 1.50. The van der Waals surface area contributed by atoms with Crippen LogP contribution in [0.2, 0.25) is 5.02 Å². The number of aryl methyl sites for hydroxylation is 1. The molecule has 1 aliphatic heterocycles. The molecule has 33 heavy (non-hydrogen) atoms. The zero-order valence-corrected chi connectivity index (χ0v) is 19.7. The van der Waals surface area contributed by atoms with Crippen LogP contribution in [0.1, 0.15) is 35.3 Å². The predicted octanol–water partition coefficient (Wildman–Crippen LogP) is 5.36. The third kappa shape index (κ3) is 4.12. The van der Waals surface area contributed by atoms with Crippen LogP contribution in [0.5, 0.6) is 5.88 Å². The minimum absolute atomic E-state index is 0.245. The van der Waals surface area contributed by atoms with Crippen molar-refractivity contribution in [3.05, 3.63) is 76.1 Å². The maximum absolute atomic E-state index is 6.55. The van der Waals surface area contributed by atoms with Gasteiger partial charge in [-0.1, -0.05) is 17.7 Å². The summed E-state index contributed by atoms with van der Waals surface area (Å²) >= 11 is 6.55. The van der Waals surface area contributed by atoms with Gasteiger partial charge in [-0.05, 0) is 74.3 Å². The van der Waals surface area contributed by atoms with E-state index in [4.69, 9.17) is 27.1 Å². The van der Waals surface area contributed by atoms with Crippen LogP contribution in [0, 0.1) is 6.92 Å². The van der Waals surface area contributed by atoms with Crippen LogP contribution in [0.3, 0.4) is 0 Å². The van der Waals surface area contributed by atoms with Crippen LogP contribution >= 0.6 is 11.6 Å². The molecule has 6 nitrogen and oxygen atoms in total. The van der Waals surface area contributed by atoms with Crippen molar-refractivity contribution in [2.45, 2.75) is 32.9 Å². The van der Waals surface area contributed by atoms with Crippen molar-refractivity contribution in [3.63, 3.8) is 0 Å². The van der Waals surface area contributed by atoms with E-state index in [1.54, 1.807) is 12.4 Å². The van der Waals surface area contributed by atoms with Crippen molar-refractivity contribution in [2.75, 3.05) is 19.3 Å². The molecule has 4 aromatic rings. The number of nitrogen functional groups attached to an aromatic ring is 1. The molecule has 5 rings (SSSR count). The SMILES string of the molecule is Cc1cc(-c2cnc(N)c(OC(C)c3c(Cl)ccc4ncccc34)n2)cc2c1CCN(C)C2. The number of likely N-dealkylation sites (N-methyl/N-ethyl adjacent to an activating group) is 1. The van der Waals surface area contributed by atoms with Crippen LogP contribution in [0.4, 0.5) is 5.82 Å². The van der Waals surface area contributed by atoms with Gasteiger partial charge < -0.3 is 15.4 Å². The lowest BCUT2D eigenvalue weighted by atomic mass is 9.92. The number of anilines is 1. The number of aromatic nitrogens is 3. The zero-order valence-electron chi connectivity index (χ0n) is 19.0. The number of hydrogen-bond donors (Lipinski definition) is 1. The van der Waals surface area contributed by atoms with Crippen LogP contribution < -0.4 is 10.5 Å². The highest BCUT2D eigenvalue weighted by molar-refractivity contribution is 6.32. The average Bonchev–Trinajstić information content (AvgIpc) is 2.80. The van der Waals surface area contributed by atoms with Gasteiger partial charge in [0, 0.05) is 40.8 Å². The van der Waals surface area contributed by atoms with E-state index in [1.807, 2.05) is 31.2 Å². The molecule has 0 saturated heterocycles. The Morgan fingerprint density at radius 2 is 2.03 bits per heavy atom. The first-order valence-electron chi connectivity index (χ1n) is 11.0. The fourth-order valence-electron chi connectivity index (χ4n) is 4.60. The summed E-state index contributed by atoms with van der Waals surface area (Å²) in [6.45, 7) is 6.10. The second-order valence-electron chi connectivity index (χ2n) is 8.66. The van der Waals surface area contributed by atoms with E-state index in [-0.39, 0.29) is 5.82 Å². The Kier molecular flexibility index (Phi) is 5.64. The standard InChI is InChI=1S/C26H26ClN5O/c1-15-11-17(12-18-14-32(3)10-8-19(15)18)23-13-30-25(28)26(31-23)33-16(2)24-20-5-4-9-29-22(20)7-6-21(24)27/h4-7,9,11-13,16H,8,10,14H2,1-3H3,(H2,28,30). The molecule has 0 fully saturated rings. The predicted molar refractivity (Wildman–Crippen MR) is 132 cm³/mol. The van der Waals surface area contributed by atoms with Gasteiger partial charge >= 0.3 is 0 Å². The van der Waals surface area contributed by atoms with Gasteiger partial charge in [-0.2, -0.15) is 0 Å². The third-order valence-corrected chi connectivity index (χ3v) is 6.61. The van der Waals surface area contributed by atoms with Crippen LogP contribution in [-0.4, -0.2) is 33.4 Å². The van der Waals surface area contributed by atoms with E-state index < -0.39 is 6.10 Å². The van der Waals surface area contributed by atoms with Crippen LogP contribution in [0.25, 0.3) is 22.2 Å². The van der Waals surface area contributed by atoms with E-state index in [0.717, 1.165) is 47.2 Å². The van der Waals surface area contributed by atoms with Crippen LogP contribution in [0.15, 0.2) is 48.8 Å². The highest BCUT2D eigenvalue weighted by Gasteiger charge is 2.20. The number of halogens is 1. The normalized spacial score (nSPS) is 14.8. The summed E-state index contributed by atoms with van der Waals surface area (Å²) in [7, 11) is 2.15. The molecule has 1 unspecified atom stereocenters. The van der Waals surface area contributed by atoms with E-state index in [9.17, 15) is 0 Å². The summed E-state index contributed by atoms with van der Waals surface area (Å²) in [5, 5.41) is 1.55. The second kappa shape index (κ2) is 8.61. The first-order valence-corrected chi connectivity index (χ1v) is 11.4. The molecule has 0 aliphatic carbocycles. The molecular formula is C26H26ClN5O. The first-order chi connectivity index (χ1) is 15.9. The van der Waals surface area contributed by atoms with Gasteiger partial charge in [0.15, 0.2) is 5.82 Å². The van der Waals surface area contributed by atoms with Crippen LogP contribution in [-0.2, 0) is 13.0 Å². The molecule has 2 aromatic heterocycles. The van der Waals surface area contributed by atoms with E-state index >= 15 is 0 Å². The number of nitrogens with zero attached hydrogens (tertiary/aromatic N) is 4. The maximum Gasteiger partial charge on any atom is 0.258 e. The summed E-state index contributed by atoms with van der Waals surface area (Å²) in [5.74, 6) is 0.541. The van der Waals surface area contributed by atoms with Gasteiger partial charge in [-0.3, -0.25) is 4.98 Å². The summed E-state index contributed by atoms with van der Waals surface area (Å²) in [4.78, 5) is 15.9. The molecule has 0 bridgehead atoms. The van der Waals surface area contributed by atoms with Gasteiger partial charge in [-0.25, -0.2) is 9.97 Å². The molecule has 1 atom stereocenters. The van der Waals surface area contributed by atoms with Gasteiger partial charge in [-0.15, -0.1) is 0 Å². The first kappa shape index (κ1) is 21.6. The Bertz CT molecular complexity index is 1360. The smallest absolute Gasteiger partial charge is 0.258 e. The number of hydrogen-bond acceptors (Lipinski definition) is 6. The Labute approximate surface area is 198 Å². The second-order valence-corrected chi connectivity index (χ2v) is 9.06. The van der Waals surface area contributed by atoms with E-state index in [0.29, 0.717) is 10.9 Å². The van der Waals surface area contributed by atoms with E-state index in [2.05, 4.69) is 41.0 Å². The monoisotopic (exact) mass is 459 g/mol. The number of rotatable bonds is 4. The zero-order chi connectivity index (χ0) is 23.1. The molecule has 7 heteroatoms. The minimum atomic E-state index is -0.392. The molecule has 3 heterocycles. The Hall–Kier alpha value is -3.22. The third-order valence-electron chi connectivity index (χ3n) is 6.28. The Morgan fingerprint density at radius 1 is 1.18 bits per heavy atom. The van der Waals surface area contributed by atoms with Gasteiger partial charge in [0.05, 0.1) is 17.4 Å². The minimum Gasteiger partial charge on any atom is -0.467 e. The van der Waals surface area contributed by atoms with E-state index in [1.165, 1.54) is 16.7 Å². The van der Waals surface area contributed by atoms with Gasteiger partial charge in [0.25, 0.3) is 5.88 Å². The summed E-state index contributed by atoms with van der Waals surface area (Å²) in [6, 6.07) is 12.0. The quantitative estimate of drug-likeness (QED) is 0.442. The molecule has 168 valence electrons. The van der Waals surface area contributed by atoms with Crippen molar-refractivity contribution in [1.29, 1.82) is 0 Å². The fraction of sp³-hybridized carbons (Fsp3) is 0.269. The van der Waals surface area contributed by atoms with Gasteiger partial charge in [0.2, 0.25) is 0 Å². The number of fused-ring (bicyclic) bond motifs is 2. The maximum atomic E-state index is 6.55. The number of benzene rings is 2. The number of pyridine rings is 1. The summed E-state index contributed by atoms with van der Waals surface area (Å²) in [6.07, 6.45) is 4.14. The topological polar surface area (TPSA) is 77.2 Å². The number of ether oxygens (including phenoxy) is 1. The van der Waals surface area contributed by atoms with Gasteiger partial charge in [0.1, 0.15) is 6.10 Å². The Morgan fingerprint density at radius 3 is 2.88 bits per heavy atom. The largest absolute Gasteiger partial charge is 0.467 e. The lowest BCUT2D eigenvalue weighted by molar-refractivity contribution is 0.220. The van der Waals surface area contributed by atoms with Crippen molar-refractivity contribution in [3.8, 4) is 17.1 Å². The lowest BCUT2D eigenvalue weighted by Gasteiger charge is -2.27. The highest BCUT2D eigenvalue weighted by atomic mass is 35.5. The van der Waals surface area contributed by atoms with Crippen molar-refractivity contribution in [2.24, 2.45) is 0 Å². The van der Waals surface area contributed by atoms with Crippen molar-refractivity contribution >= 4 is 28.3 Å². The molecule has 1 aliphatic rings. The highest BCUT2D eigenvalue weighted by Crippen LogP contribution is 2.35. The molecule has 0 amide bonds. The molecule has 0 spiro atoms. The molecule has 2 aromatic carbocycles. The lowest BCUT2D eigenvalue weighted by Crippen LogP contribution is -2.27.